The largest absolute Gasteiger partial charge is 0.354 e. The highest BCUT2D eigenvalue weighted by Crippen LogP contribution is 2.36. The van der Waals surface area contributed by atoms with E-state index in [1.54, 1.807) is 6.20 Å². The molecule has 1 aromatic carbocycles. The van der Waals surface area contributed by atoms with E-state index in [2.05, 4.69) is 39.6 Å². The normalized spacial score (nSPS) is 15.0. The van der Waals surface area contributed by atoms with Gasteiger partial charge in [-0.2, -0.15) is 0 Å². The van der Waals surface area contributed by atoms with Gasteiger partial charge in [-0.1, -0.05) is 30.7 Å². The van der Waals surface area contributed by atoms with Crippen molar-refractivity contribution in [2.24, 2.45) is 0 Å². The lowest BCUT2D eigenvalue weighted by atomic mass is 9.80. The van der Waals surface area contributed by atoms with Crippen LogP contribution < -0.4 is 5.32 Å². The molecule has 2 aromatic rings. The number of rotatable bonds is 4. The molecule has 0 saturated heterocycles. The molecule has 1 N–H and O–H groups in total. The van der Waals surface area contributed by atoms with E-state index in [0.717, 1.165) is 23.7 Å². The van der Waals surface area contributed by atoms with Crippen molar-refractivity contribution in [1.82, 2.24) is 9.97 Å². The van der Waals surface area contributed by atoms with Crippen molar-refractivity contribution < 1.29 is 0 Å². The summed E-state index contributed by atoms with van der Waals surface area (Å²) in [5.74, 6) is 1.49. The first-order valence-corrected chi connectivity index (χ1v) is 7.04. The second-order valence-electron chi connectivity index (χ2n) is 5.05. The summed E-state index contributed by atoms with van der Waals surface area (Å²) in [5, 5.41) is 3.14. The Bertz CT molecular complexity index is 544. The third-order valence-electron chi connectivity index (χ3n) is 3.77. The van der Waals surface area contributed by atoms with Crippen LogP contribution in [-0.4, -0.2) is 16.5 Å². The standard InChI is InChI=1S/C16H19N3/c1-2-17-16-18-11-10-15(19-16)14-8-6-13(7-9-14)12-4-3-5-12/h6-12H,2-5H2,1H3,(H,17,18,19). The third kappa shape index (κ3) is 2.60. The van der Waals surface area contributed by atoms with E-state index in [9.17, 15) is 0 Å². The molecule has 1 fully saturated rings. The van der Waals surface area contributed by atoms with Gasteiger partial charge in [0.15, 0.2) is 0 Å². The summed E-state index contributed by atoms with van der Waals surface area (Å²) in [6, 6.07) is 10.8. The Labute approximate surface area is 114 Å². The first-order valence-electron chi connectivity index (χ1n) is 7.04. The molecule has 0 aliphatic heterocycles. The molecular weight excluding hydrogens is 234 g/mol. The van der Waals surface area contributed by atoms with Gasteiger partial charge in [0, 0.05) is 18.3 Å². The molecule has 1 aromatic heterocycles. The minimum absolute atomic E-state index is 0.697. The Hall–Kier alpha value is -1.90. The first kappa shape index (κ1) is 12.2. The van der Waals surface area contributed by atoms with Crippen LogP contribution in [0.4, 0.5) is 5.95 Å². The summed E-state index contributed by atoms with van der Waals surface area (Å²) >= 11 is 0. The number of hydrogen-bond acceptors (Lipinski definition) is 3. The lowest BCUT2D eigenvalue weighted by Gasteiger charge is -2.25. The van der Waals surface area contributed by atoms with Crippen LogP contribution >= 0.6 is 0 Å². The number of aromatic nitrogens is 2. The Morgan fingerprint density at radius 1 is 1.16 bits per heavy atom. The van der Waals surface area contributed by atoms with Crippen molar-refractivity contribution in [3.8, 4) is 11.3 Å². The maximum atomic E-state index is 4.52. The van der Waals surface area contributed by atoms with Gasteiger partial charge in [-0.15, -0.1) is 0 Å². The van der Waals surface area contributed by atoms with Crippen molar-refractivity contribution in [3.63, 3.8) is 0 Å². The molecule has 0 radical (unpaired) electrons. The Kier molecular flexibility index (Phi) is 3.45. The minimum Gasteiger partial charge on any atom is -0.354 e. The highest BCUT2D eigenvalue weighted by Gasteiger charge is 2.19. The molecule has 19 heavy (non-hydrogen) atoms. The molecular formula is C16H19N3. The Morgan fingerprint density at radius 2 is 1.95 bits per heavy atom. The van der Waals surface area contributed by atoms with E-state index in [0.29, 0.717) is 5.95 Å². The molecule has 1 aliphatic rings. The molecule has 1 heterocycles. The van der Waals surface area contributed by atoms with Crippen LogP contribution in [0.25, 0.3) is 11.3 Å². The number of anilines is 1. The van der Waals surface area contributed by atoms with Crippen molar-refractivity contribution in [2.75, 3.05) is 11.9 Å². The quantitative estimate of drug-likeness (QED) is 0.899. The average Bonchev–Trinajstić information content (AvgIpc) is 2.38. The summed E-state index contributed by atoms with van der Waals surface area (Å²) in [4.78, 5) is 8.72. The van der Waals surface area contributed by atoms with Crippen molar-refractivity contribution in [1.29, 1.82) is 0 Å². The SMILES string of the molecule is CCNc1nccc(-c2ccc(C3CCC3)cc2)n1. The van der Waals surface area contributed by atoms with E-state index in [-0.39, 0.29) is 0 Å². The van der Waals surface area contributed by atoms with Crippen molar-refractivity contribution in [3.05, 3.63) is 42.1 Å². The summed E-state index contributed by atoms with van der Waals surface area (Å²) in [7, 11) is 0. The molecule has 3 rings (SSSR count). The van der Waals surface area contributed by atoms with Crippen LogP contribution in [0.5, 0.6) is 0 Å². The topological polar surface area (TPSA) is 37.8 Å². The van der Waals surface area contributed by atoms with Crippen molar-refractivity contribution >= 4 is 5.95 Å². The second-order valence-corrected chi connectivity index (χ2v) is 5.05. The Balaban J connectivity index is 1.82. The summed E-state index contributed by atoms with van der Waals surface area (Å²) in [6.45, 7) is 2.88. The number of hydrogen-bond donors (Lipinski definition) is 1. The van der Waals surface area contributed by atoms with Crippen LogP contribution in [0.2, 0.25) is 0 Å². The molecule has 0 unspecified atom stereocenters. The number of nitrogens with one attached hydrogen (secondary N) is 1. The number of nitrogens with zero attached hydrogens (tertiary/aromatic N) is 2. The van der Waals surface area contributed by atoms with Crippen LogP contribution in [0.3, 0.4) is 0 Å². The average molecular weight is 253 g/mol. The molecule has 0 bridgehead atoms. The van der Waals surface area contributed by atoms with Gasteiger partial charge >= 0.3 is 0 Å². The maximum Gasteiger partial charge on any atom is 0.223 e. The Morgan fingerprint density at radius 3 is 2.58 bits per heavy atom. The van der Waals surface area contributed by atoms with Gasteiger partial charge in [-0.3, -0.25) is 0 Å². The predicted octanol–water partition coefficient (Wildman–Crippen LogP) is 3.84. The molecule has 1 aliphatic carbocycles. The lowest BCUT2D eigenvalue weighted by molar-refractivity contribution is 0.420. The highest BCUT2D eigenvalue weighted by atomic mass is 15.1. The van der Waals surface area contributed by atoms with E-state index < -0.39 is 0 Å². The molecule has 3 heteroatoms. The zero-order valence-electron chi connectivity index (χ0n) is 11.3. The fourth-order valence-corrected chi connectivity index (χ4v) is 2.43. The highest BCUT2D eigenvalue weighted by molar-refractivity contribution is 5.60. The van der Waals surface area contributed by atoms with Gasteiger partial charge in [0.25, 0.3) is 0 Å². The lowest BCUT2D eigenvalue weighted by Crippen LogP contribution is -2.08. The summed E-state index contributed by atoms with van der Waals surface area (Å²) in [6.07, 6.45) is 5.87. The van der Waals surface area contributed by atoms with E-state index in [1.165, 1.54) is 24.8 Å². The van der Waals surface area contributed by atoms with Gasteiger partial charge in [-0.25, -0.2) is 9.97 Å². The number of benzene rings is 1. The minimum atomic E-state index is 0.697. The fourth-order valence-electron chi connectivity index (χ4n) is 2.43. The smallest absolute Gasteiger partial charge is 0.223 e. The molecule has 0 amide bonds. The third-order valence-corrected chi connectivity index (χ3v) is 3.77. The van der Waals surface area contributed by atoms with E-state index in [4.69, 9.17) is 0 Å². The zero-order valence-corrected chi connectivity index (χ0v) is 11.3. The van der Waals surface area contributed by atoms with Crippen LogP contribution in [0.15, 0.2) is 36.5 Å². The van der Waals surface area contributed by atoms with Gasteiger partial charge in [0.05, 0.1) is 5.69 Å². The van der Waals surface area contributed by atoms with Crippen LogP contribution in [0, 0.1) is 0 Å². The molecule has 3 nitrogen and oxygen atoms in total. The van der Waals surface area contributed by atoms with Gasteiger partial charge in [-0.05, 0) is 37.3 Å². The van der Waals surface area contributed by atoms with E-state index >= 15 is 0 Å². The van der Waals surface area contributed by atoms with E-state index in [1.807, 2.05) is 13.0 Å². The molecule has 98 valence electrons. The first-order chi connectivity index (χ1) is 9.36. The second kappa shape index (κ2) is 5.39. The van der Waals surface area contributed by atoms with Gasteiger partial charge in [0.1, 0.15) is 0 Å². The van der Waals surface area contributed by atoms with Crippen LogP contribution in [-0.2, 0) is 0 Å². The predicted molar refractivity (Wildman–Crippen MR) is 78.2 cm³/mol. The zero-order chi connectivity index (χ0) is 13.1. The summed E-state index contributed by atoms with van der Waals surface area (Å²) in [5.41, 5.74) is 3.60. The monoisotopic (exact) mass is 253 g/mol. The van der Waals surface area contributed by atoms with Gasteiger partial charge < -0.3 is 5.32 Å². The molecule has 0 atom stereocenters. The van der Waals surface area contributed by atoms with Crippen molar-refractivity contribution in [2.45, 2.75) is 32.1 Å². The molecule has 1 saturated carbocycles. The summed E-state index contributed by atoms with van der Waals surface area (Å²) < 4.78 is 0. The maximum absolute atomic E-state index is 4.52. The molecule has 0 spiro atoms. The van der Waals surface area contributed by atoms with Crippen LogP contribution in [0.1, 0.15) is 37.7 Å². The van der Waals surface area contributed by atoms with Gasteiger partial charge in [0.2, 0.25) is 5.95 Å². The fraction of sp³-hybridized carbons (Fsp3) is 0.375.